The van der Waals surface area contributed by atoms with Crippen LogP contribution in [0.3, 0.4) is 0 Å². The van der Waals surface area contributed by atoms with Crippen LogP contribution in [-0.4, -0.2) is 27.3 Å². The van der Waals surface area contributed by atoms with Gasteiger partial charge in [-0.25, -0.2) is 0 Å². The van der Waals surface area contributed by atoms with Gasteiger partial charge < -0.3 is 29.4 Å². The van der Waals surface area contributed by atoms with Crippen molar-refractivity contribution in [2.75, 3.05) is 21.3 Å². The number of carbonyl (C=O) groups is 1. The number of fused-ring (bicyclic) bond motifs is 1. The Bertz CT molecular complexity index is 1300. The van der Waals surface area contributed by atoms with Crippen LogP contribution < -0.4 is 29.4 Å². The minimum absolute atomic E-state index is 0.0356. The van der Waals surface area contributed by atoms with Gasteiger partial charge in [-0.3, -0.25) is 4.79 Å². The highest BCUT2D eigenvalue weighted by molar-refractivity contribution is 5.75. The van der Waals surface area contributed by atoms with Crippen LogP contribution in [0.4, 0.5) is 0 Å². The van der Waals surface area contributed by atoms with Crippen molar-refractivity contribution in [2.45, 2.75) is 12.3 Å². The van der Waals surface area contributed by atoms with Crippen LogP contribution in [0.5, 0.6) is 28.7 Å². The van der Waals surface area contributed by atoms with E-state index in [-0.39, 0.29) is 17.9 Å². The maximum atomic E-state index is 12.4. The van der Waals surface area contributed by atoms with E-state index in [0.717, 1.165) is 5.56 Å². The molecule has 4 rings (SSSR count). The summed E-state index contributed by atoms with van der Waals surface area (Å²) < 4.78 is 27.6. The predicted octanol–water partition coefficient (Wildman–Crippen LogP) is 4.08. The Labute approximate surface area is 203 Å². The van der Waals surface area contributed by atoms with Crippen molar-refractivity contribution >= 4 is 5.97 Å². The lowest BCUT2D eigenvalue weighted by molar-refractivity contribution is -0.133. The first kappa shape index (κ1) is 23.5. The first-order chi connectivity index (χ1) is 17.0. The zero-order valence-corrected chi connectivity index (χ0v) is 19.5. The quantitative estimate of drug-likeness (QED) is 0.404. The van der Waals surface area contributed by atoms with Crippen LogP contribution in [0.25, 0.3) is 0 Å². The molecule has 1 heterocycles. The highest BCUT2D eigenvalue weighted by atomic mass is 16.5. The molecule has 1 aliphatic heterocycles. The molecule has 0 aliphatic carbocycles. The number of hydrogen-bond acceptors (Lipinski definition) is 8. The lowest BCUT2D eigenvalue weighted by atomic mass is 9.83. The molecule has 0 saturated heterocycles. The van der Waals surface area contributed by atoms with E-state index >= 15 is 0 Å². The number of carbonyl (C=O) groups excluding carboxylic acids is 1. The second-order valence-electron chi connectivity index (χ2n) is 7.72. The lowest BCUT2D eigenvalue weighted by Crippen LogP contribution is -2.21. The third kappa shape index (κ3) is 4.70. The average molecular weight is 472 g/mol. The van der Waals surface area contributed by atoms with Gasteiger partial charge in [-0.2, -0.15) is 5.26 Å². The van der Waals surface area contributed by atoms with Gasteiger partial charge >= 0.3 is 5.97 Å². The molecule has 8 nitrogen and oxygen atoms in total. The zero-order valence-electron chi connectivity index (χ0n) is 19.5. The molecule has 2 N–H and O–H groups in total. The molecule has 1 aliphatic rings. The molecule has 0 aromatic heterocycles. The third-order valence-electron chi connectivity index (χ3n) is 5.63. The topological polar surface area (TPSA) is 113 Å². The number of benzene rings is 3. The Morgan fingerprint density at radius 1 is 1.00 bits per heavy atom. The molecular weight excluding hydrogens is 448 g/mol. The van der Waals surface area contributed by atoms with E-state index in [1.807, 2.05) is 30.3 Å². The van der Waals surface area contributed by atoms with E-state index in [0.29, 0.717) is 39.9 Å². The van der Waals surface area contributed by atoms with Gasteiger partial charge in [0.05, 0.1) is 33.7 Å². The Kier molecular flexibility index (Phi) is 6.78. The van der Waals surface area contributed by atoms with E-state index in [1.54, 1.807) is 30.3 Å². The second-order valence-corrected chi connectivity index (χ2v) is 7.72. The fraction of sp³-hybridized carbons (Fsp3) is 0.185. The Morgan fingerprint density at radius 3 is 2.29 bits per heavy atom. The molecule has 0 saturated carbocycles. The summed E-state index contributed by atoms with van der Waals surface area (Å²) in [6, 6.07) is 20.0. The number of esters is 1. The van der Waals surface area contributed by atoms with Gasteiger partial charge in [-0.05, 0) is 29.3 Å². The molecule has 8 heteroatoms. The summed E-state index contributed by atoms with van der Waals surface area (Å²) in [5, 5.41) is 9.86. The molecular formula is C27H24N2O6. The average Bonchev–Trinajstić information content (AvgIpc) is 2.87. The number of rotatable bonds is 7. The summed E-state index contributed by atoms with van der Waals surface area (Å²) in [5.41, 5.74) is 8.57. The molecule has 35 heavy (non-hydrogen) atoms. The lowest BCUT2D eigenvalue weighted by Gasteiger charge is -2.27. The summed E-state index contributed by atoms with van der Waals surface area (Å²) in [7, 11) is 4.55. The largest absolute Gasteiger partial charge is 0.493 e. The first-order valence-corrected chi connectivity index (χ1v) is 10.7. The summed E-state index contributed by atoms with van der Waals surface area (Å²) in [6.07, 6.45) is 0.132. The maximum absolute atomic E-state index is 12.4. The van der Waals surface area contributed by atoms with Gasteiger partial charge in [0.25, 0.3) is 0 Å². The SMILES string of the molecule is COc1cc(C2C(C#N)=C(N)Oc3cc(OC(=O)Cc4ccccc4)ccc32)cc(OC)c1OC. The van der Waals surface area contributed by atoms with Crippen LogP contribution in [0, 0.1) is 11.3 Å². The monoisotopic (exact) mass is 472 g/mol. The smallest absolute Gasteiger partial charge is 0.315 e. The maximum Gasteiger partial charge on any atom is 0.315 e. The van der Waals surface area contributed by atoms with E-state index in [9.17, 15) is 10.1 Å². The van der Waals surface area contributed by atoms with Crippen LogP contribution in [-0.2, 0) is 11.2 Å². The van der Waals surface area contributed by atoms with Crippen molar-refractivity contribution in [3.8, 4) is 34.8 Å². The van der Waals surface area contributed by atoms with Crippen LogP contribution in [0.1, 0.15) is 22.6 Å². The van der Waals surface area contributed by atoms with E-state index in [4.69, 9.17) is 29.4 Å². The predicted molar refractivity (Wildman–Crippen MR) is 128 cm³/mol. The van der Waals surface area contributed by atoms with Crippen molar-refractivity contribution in [2.24, 2.45) is 5.73 Å². The number of hydrogen-bond donors (Lipinski definition) is 1. The summed E-state index contributed by atoms with van der Waals surface area (Å²) >= 11 is 0. The molecule has 1 unspecified atom stereocenters. The van der Waals surface area contributed by atoms with Crippen LogP contribution in [0.15, 0.2) is 72.1 Å². The van der Waals surface area contributed by atoms with Crippen molar-refractivity contribution in [3.63, 3.8) is 0 Å². The standard InChI is InChI=1S/C27H24N2O6/c1-31-22-12-17(13-23(32-2)26(22)33-3)25-19-10-9-18(14-21(19)35-27(29)20(25)15-28)34-24(30)11-16-7-5-4-6-8-16/h4-10,12-14,25H,11,29H2,1-3H3. The van der Waals surface area contributed by atoms with Gasteiger partial charge in [0.1, 0.15) is 23.1 Å². The highest BCUT2D eigenvalue weighted by Crippen LogP contribution is 2.47. The van der Waals surface area contributed by atoms with Crippen molar-refractivity contribution < 1.29 is 28.5 Å². The fourth-order valence-electron chi connectivity index (χ4n) is 4.04. The van der Waals surface area contributed by atoms with Crippen molar-refractivity contribution in [1.82, 2.24) is 0 Å². The van der Waals surface area contributed by atoms with E-state index < -0.39 is 11.9 Å². The van der Waals surface area contributed by atoms with Gasteiger partial charge in [-0.1, -0.05) is 36.4 Å². The minimum atomic E-state index is -0.563. The fourth-order valence-corrected chi connectivity index (χ4v) is 4.04. The highest BCUT2D eigenvalue weighted by Gasteiger charge is 2.32. The molecule has 1 atom stereocenters. The zero-order chi connectivity index (χ0) is 24.9. The van der Waals surface area contributed by atoms with Gasteiger partial charge in [0.15, 0.2) is 11.5 Å². The number of nitriles is 1. The molecule has 3 aromatic rings. The number of nitrogens with zero attached hydrogens (tertiary/aromatic N) is 1. The Balaban J connectivity index is 1.71. The van der Waals surface area contributed by atoms with E-state index in [2.05, 4.69) is 6.07 Å². The number of nitrogens with two attached hydrogens (primary N) is 1. The van der Waals surface area contributed by atoms with Crippen molar-refractivity contribution in [3.05, 3.63) is 88.8 Å². The Hall–Kier alpha value is -4.64. The molecule has 0 amide bonds. The molecule has 0 bridgehead atoms. The van der Waals surface area contributed by atoms with Crippen molar-refractivity contribution in [1.29, 1.82) is 5.26 Å². The molecule has 178 valence electrons. The van der Waals surface area contributed by atoms with Gasteiger partial charge in [0.2, 0.25) is 11.6 Å². The third-order valence-corrected chi connectivity index (χ3v) is 5.63. The number of methoxy groups -OCH3 is 3. The normalized spacial score (nSPS) is 14.3. The molecule has 0 fully saturated rings. The van der Waals surface area contributed by atoms with Gasteiger partial charge in [-0.15, -0.1) is 0 Å². The Morgan fingerprint density at radius 2 is 1.69 bits per heavy atom. The summed E-state index contributed by atoms with van der Waals surface area (Å²) in [4.78, 5) is 12.4. The number of allylic oxidation sites excluding steroid dienone is 1. The van der Waals surface area contributed by atoms with Gasteiger partial charge in [0, 0.05) is 11.6 Å². The minimum Gasteiger partial charge on any atom is -0.493 e. The van der Waals surface area contributed by atoms with Crippen LogP contribution in [0.2, 0.25) is 0 Å². The molecule has 0 radical (unpaired) electrons. The van der Waals surface area contributed by atoms with E-state index in [1.165, 1.54) is 21.3 Å². The van der Waals surface area contributed by atoms with Crippen LogP contribution >= 0.6 is 0 Å². The first-order valence-electron chi connectivity index (χ1n) is 10.7. The molecule has 3 aromatic carbocycles. The summed E-state index contributed by atoms with van der Waals surface area (Å²) in [6.45, 7) is 0. The molecule has 0 spiro atoms. The summed E-state index contributed by atoms with van der Waals surface area (Å²) in [5.74, 6) is 0.996. The number of ether oxygens (including phenoxy) is 5. The second kappa shape index (κ2) is 10.1.